The summed E-state index contributed by atoms with van der Waals surface area (Å²) in [5, 5.41) is 6.77. The first kappa shape index (κ1) is 11.7. The zero-order valence-electron chi connectivity index (χ0n) is 9.23. The summed E-state index contributed by atoms with van der Waals surface area (Å²) in [6, 6.07) is 1.93. The summed E-state index contributed by atoms with van der Waals surface area (Å²) in [5.41, 5.74) is 6.62. The van der Waals surface area contributed by atoms with Crippen LogP contribution in [0.4, 0.5) is 0 Å². The summed E-state index contributed by atoms with van der Waals surface area (Å²) in [6.07, 6.45) is 2.39. The normalized spacial score (nSPS) is 12.5. The summed E-state index contributed by atoms with van der Waals surface area (Å²) in [5.74, 6) is -0.182. The average molecular weight is 210 g/mol. The van der Waals surface area contributed by atoms with E-state index in [0.29, 0.717) is 13.0 Å². The van der Waals surface area contributed by atoms with E-state index >= 15 is 0 Å². The lowest BCUT2D eigenvalue weighted by Crippen LogP contribution is -2.34. The maximum absolute atomic E-state index is 11.4. The molecule has 0 bridgehead atoms. The Morgan fingerprint density at radius 3 is 3.00 bits per heavy atom. The van der Waals surface area contributed by atoms with Gasteiger partial charge in [-0.25, -0.2) is 0 Å². The molecule has 84 valence electrons. The first-order valence-electron chi connectivity index (χ1n) is 5.15. The van der Waals surface area contributed by atoms with Crippen molar-refractivity contribution in [2.75, 3.05) is 13.6 Å². The topological polar surface area (TPSA) is 72.9 Å². The number of carbonyl (C=O) groups excluding carboxylic acids is 1. The lowest BCUT2D eigenvalue weighted by Gasteiger charge is -2.13. The van der Waals surface area contributed by atoms with E-state index in [-0.39, 0.29) is 11.8 Å². The van der Waals surface area contributed by atoms with E-state index < -0.39 is 0 Å². The quantitative estimate of drug-likeness (QED) is 0.705. The lowest BCUT2D eigenvalue weighted by atomic mass is 10.0. The summed E-state index contributed by atoms with van der Waals surface area (Å²) < 4.78 is 1.88. The second-order valence-electron chi connectivity index (χ2n) is 3.39. The van der Waals surface area contributed by atoms with Gasteiger partial charge in [-0.1, -0.05) is 0 Å². The van der Waals surface area contributed by atoms with Crippen molar-refractivity contribution in [2.24, 2.45) is 11.7 Å². The van der Waals surface area contributed by atoms with Gasteiger partial charge in [0.2, 0.25) is 5.91 Å². The van der Waals surface area contributed by atoms with Crippen LogP contribution in [0.5, 0.6) is 0 Å². The van der Waals surface area contributed by atoms with Crippen LogP contribution < -0.4 is 11.1 Å². The Morgan fingerprint density at radius 2 is 2.47 bits per heavy atom. The second-order valence-corrected chi connectivity index (χ2v) is 3.39. The molecule has 1 unspecified atom stereocenters. The van der Waals surface area contributed by atoms with Crippen molar-refractivity contribution in [2.45, 2.75) is 19.9 Å². The number of nitrogens with zero attached hydrogens (tertiary/aromatic N) is 2. The maximum atomic E-state index is 11.4. The lowest BCUT2D eigenvalue weighted by molar-refractivity contribution is -0.124. The first-order valence-corrected chi connectivity index (χ1v) is 5.15. The third-order valence-corrected chi connectivity index (χ3v) is 2.46. The SMILES string of the molecule is CCn1nccc1CC(CN)C(=O)NC. The molecule has 0 aromatic carbocycles. The Balaban J connectivity index is 2.70. The molecule has 0 aliphatic rings. The number of amides is 1. The minimum Gasteiger partial charge on any atom is -0.359 e. The molecule has 0 saturated heterocycles. The molecular formula is C10H18N4O. The third kappa shape index (κ3) is 2.79. The summed E-state index contributed by atoms with van der Waals surface area (Å²) >= 11 is 0. The van der Waals surface area contributed by atoms with E-state index in [1.807, 2.05) is 17.7 Å². The Bertz CT molecular complexity index is 321. The summed E-state index contributed by atoms with van der Waals surface area (Å²) in [4.78, 5) is 11.4. The van der Waals surface area contributed by atoms with E-state index in [1.54, 1.807) is 13.2 Å². The Kier molecular flexibility index (Phi) is 4.30. The predicted molar refractivity (Wildman–Crippen MR) is 58.2 cm³/mol. The number of aromatic nitrogens is 2. The molecule has 1 atom stereocenters. The Morgan fingerprint density at radius 1 is 1.73 bits per heavy atom. The van der Waals surface area contributed by atoms with E-state index in [9.17, 15) is 4.79 Å². The number of rotatable bonds is 5. The van der Waals surface area contributed by atoms with Crippen LogP contribution in [0, 0.1) is 5.92 Å². The Hall–Kier alpha value is -1.36. The fraction of sp³-hybridized carbons (Fsp3) is 0.600. The second kappa shape index (κ2) is 5.50. The van der Waals surface area contributed by atoms with Crippen LogP contribution in [0.1, 0.15) is 12.6 Å². The van der Waals surface area contributed by atoms with Gasteiger partial charge in [0.05, 0.1) is 5.92 Å². The van der Waals surface area contributed by atoms with Gasteiger partial charge in [0.1, 0.15) is 0 Å². The minimum absolute atomic E-state index is 0.0126. The van der Waals surface area contributed by atoms with Gasteiger partial charge in [-0.05, 0) is 13.0 Å². The van der Waals surface area contributed by atoms with Crippen LogP contribution in [0.15, 0.2) is 12.3 Å². The molecule has 0 fully saturated rings. The van der Waals surface area contributed by atoms with E-state index in [0.717, 1.165) is 12.2 Å². The molecule has 5 nitrogen and oxygen atoms in total. The number of carbonyl (C=O) groups is 1. The van der Waals surface area contributed by atoms with Crippen molar-refractivity contribution in [1.29, 1.82) is 0 Å². The highest BCUT2D eigenvalue weighted by atomic mass is 16.1. The molecule has 15 heavy (non-hydrogen) atoms. The van der Waals surface area contributed by atoms with Gasteiger partial charge in [0, 0.05) is 38.4 Å². The third-order valence-electron chi connectivity index (χ3n) is 2.46. The molecule has 1 aromatic heterocycles. The number of aryl methyl sites for hydroxylation is 1. The Labute approximate surface area is 89.6 Å². The smallest absolute Gasteiger partial charge is 0.224 e. The van der Waals surface area contributed by atoms with E-state index in [4.69, 9.17) is 5.73 Å². The number of nitrogens with two attached hydrogens (primary N) is 1. The number of nitrogens with one attached hydrogen (secondary N) is 1. The summed E-state index contributed by atoms with van der Waals surface area (Å²) in [6.45, 7) is 3.19. The molecular weight excluding hydrogens is 192 g/mol. The van der Waals surface area contributed by atoms with Crippen molar-refractivity contribution in [1.82, 2.24) is 15.1 Å². The molecule has 1 heterocycles. The molecule has 0 spiro atoms. The fourth-order valence-electron chi connectivity index (χ4n) is 1.56. The van der Waals surface area contributed by atoms with Crippen LogP contribution in [0.3, 0.4) is 0 Å². The average Bonchev–Trinajstić information content (AvgIpc) is 2.71. The molecule has 5 heteroatoms. The zero-order chi connectivity index (χ0) is 11.3. The van der Waals surface area contributed by atoms with E-state index in [1.165, 1.54) is 0 Å². The fourth-order valence-corrected chi connectivity index (χ4v) is 1.56. The molecule has 0 aliphatic heterocycles. The molecule has 0 saturated carbocycles. The van der Waals surface area contributed by atoms with Gasteiger partial charge in [-0.15, -0.1) is 0 Å². The van der Waals surface area contributed by atoms with Crippen molar-refractivity contribution in [3.8, 4) is 0 Å². The summed E-state index contributed by atoms with van der Waals surface area (Å²) in [7, 11) is 1.63. The molecule has 1 rings (SSSR count). The first-order chi connectivity index (χ1) is 7.22. The van der Waals surface area contributed by atoms with Gasteiger partial charge in [-0.3, -0.25) is 9.48 Å². The predicted octanol–water partition coefficient (Wildman–Crippen LogP) is -0.234. The highest BCUT2D eigenvalue weighted by Gasteiger charge is 2.17. The molecule has 0 aliphatic carbocycles. The van der Waals surface area contributed by atoms with Crippen LogP contribution in [-0.2, 0) is 17.8 Å². The van der Waals surface area contributed by atoms with Crippen LogP contribution in [0.25, 0.3) is 0 Å². The van der Waals surface area contributed by atoms with Gasteiger partial charge in [0.25, 0.3) is 0 Å². The van der Waals surface area contributed by atoms with Gasteiger partial charge in [0.15, 0.2) is 0 Å². The van der Waals surface area contributed by atoms with Crippen molar-refractivity contribution in [3.05, 3.63) is 18.0 Å². The van der Waals surface area contributed by atoms with Crippen molar-refractivity contribution < 1.29 is 4.79 Å². The molecule has 1 aromatic rings. The van der Waals surface area contributed by atoms with Gasteiger partial charge < -0.3 is 11.1 Å². The van der Waals surface area contributed by atoms with E-state index in [2.05, 4.69) is 10.4 Å². The van der Waals surface area contributed by atoms with Crippen molar-refractivity contribution in [3.63, 3.8) is 0 Å². The van der Waals surface area contributed by atoms with Crippen LogP contribution >= 0.6 is 0 Å². The maximum Gasteiger partial charge on any atom is 0.224 e. The molecule has 3 N–H and O–H groups in total. The zero-order valence-corrected chi connectivity index (χ0v) is 9.23. The van der Waals surface area contributed by atoms with Gasteiger partial charge >= 0.3 is 0 Å². The standard InChI is InChI=1S/C10H18N4O/c1-3-14-9(4-5-13-14)6-8(7-11)10(15)12-2/h4-5,8H,3,6-7,11H2,1-2H3,(H,12,15). The highest BCUT2D eigenvalue weighted by molar-refractivity contribution is 5.78. The van der Waals surface area contributed by atoms with Crippen LogP contribution in [0.2, 0.25) is 0 Å². The highest BCUT2D eigenvalue weighted by Crippen LogP contribution is 2.07. The monoisotopic (exact) mass is 210 g/mol. The van der Waals surface area contributed by atoms with Crippen LogP contribution in [-0.4, -0.2) is 29.3 Å². The minimum atomic E-state index is -0.169. The largest absolute Gasteiger partial charge is 0.359 e. The van der Waals surface area contributed by atoms with Gasteiger partial charge in [-0.2, -0.15) is 5.10 Å². The number of hydrogen-bond donors (Lipinski definition) is 2. The number of hydrogen-bond acceptors (Lipinski definition) is 3. The van der Waals surface area contributed by atoms with Crippen molar-refractivity contribution >= 4 is 5.91 Å². The molecule has 0 radical (unpaired) electrons. The molecule has 1 amide bonds.